The molecule has 278 valence electrons. The Hall–Kier alpha value is -7.61. The lowest BCUT2D eigenvalue weighted by Crippen LogP contribution is -2.36. The first-order chi connectivity index (χ1) is 29.0. The van der Waals surface area contributed by atoms with E-state index in [-0.39, 0.29) is 0 Å². The van der Waals surface area contributed by atoms with Crippen LogP contribution in [-0.2, 0) is 5.69 Å². The zero-order valence-electron chi connectivity index (χ0n) is 32.0. The fraction of sp³-hybridized carbons (Fsp3) is 0.0192. The predicted octanol–water partition coefficient (Wildman–Crippen LogP) is 11.6. The fourth-order valence-corrected chi connectivity index (χ4v) is 8.31. The number of rotatable bonds is 6. The molecule has 2 aromatic heterocycles. The minimum atomic E-state index is -1.43. The monoisotopic (exact) mass is 759 g/mol. The molecule has 3 heterocycles. The Balaban J connectivity index is 1.02. The molecule has 0 aliphatic carbocycles. The SMILES string of the molecule is BC1(O)Oc2cccc(-c3ccc(-c4nc(-c5ccc(-c6ccccc6)cc5)nc(-c5cccc(-c6cccc7c6oc6ccccc67)c5)n4)cc3)c2-c2ccccc21. The van der Waals surface area contributed by atoms with Gasteiger partial charge in [0, 0.05) is 44.2 Å². The summed E-state index contributed by atoms with van der Waals surface area (Å²) in [7, 11) is 1.68. The molecule has 1 aliphatic heterocycles. The number of hydrogen-bond acceptors (Lipinski definition) is 6. The number of aliphatic hydroxyl groups is 1. The van der Waals surface area contributed by atoms with Crippen LogP contribution in [0.4, 0.5) is 0 Å². The van der Waals surface area contributed by atoms with E-state index in [1.807, 2.05) is 84.9 Å². The van der Waals surface area contributed by atoms with E-state index in [1.165, 1.54) is 0 Å². The Kier molecular flexibility index (Phi) is 8.10. The minimum Gasteiger partial charge on any atom is -0.467 e. The average molecular weight is 760 g/mol. The van der Waals surface area contributed by atoms with Gasteiger partial charge in [-0.1, -0.05) is 170 Å². The van der Waals surface area contributed by atoms with Crippen molar-refractivity contribution in [2.75, 3.05) is 0 Å². The van der Waals surface area contributed by atoms with Crippen LogP contribution in [0.2, 0.25) is 0 Å². The van der Waals surface area contributed by atoms with Crippen LogP contribution in [0.15, 0.2) is 192 Å². The second-order valence-electron chi connectivity index (χ2n) is 15.0. The van der Waals surface area contributed by atoms with E-state index in [0.29, 0.717) is 23.2 Å². The van der Waals surface area contributed by atoms with Gasteiger partial charge in [-0.05, 0) is 51.6 Å². The Morgan fingerprint density at radius 3 is 1.73 bits per heavy atom. The lowest BCUT2D eigenvalue weighted by atomic mass is 9.78. The summed E-state index contributed by atoms with van der Waals surface area (Å²) in [6.45, 7) is 0. The number of aromatic nitrogens is 3. The molecule has 0 radical (unpaired) electrons. The quantitative estimate of drug-likeness (QED) is 0.170. The third-order valence-corrected chi connectivity index (χ3v) is 11.2. The van der Waals surface area contributed by atoms with Gasteiger partial charge in [0.25, 0.3) is 0 Å². The normalized spacial score (nSPS) is 14.5. The number of benzene rings is 8. The van der Waals surface area contributed by atoms with Crippen molar-refractivity contribution < 1.29 is 14.3 Å². The van der Waals surface area contributed by atoms with Crippen molar-refractivity contribution in [2.45, 2.75) is 5.69 Å². The molecule has 8 aromatic carbocycles. The molecule has 59 heavy (non-hydrogen) atoms. The lowest BCUT2D eigenvalue weighted by Gasteiger charge is -2.34. The number of para-hydroxylation sites is 2. The van der Waals surface area contributed by atoms with Crippen molar-refractivity contribution in [1.82, 2.24) is 15.0 Å². The molecule has 0 saturated heterocycles. The molecule has 0 bridgehead atoms. The van der Waals surface area contributed by atoms with Gasteiger partial charge in [-0.3, -0.25) is 0 Å². The highest BCUT2D eigenvalue weighted by Gasteiger charge is 2.35. The van der Waals surface area contributed by atoms with Gasteiger partial charge >= 0.3 is 0 Å². The van der Waals surface area contributed by atoms with Crippen molar-refractivity contribution in [3.8, 4) is 84.4 Å². The summed E-state index contributed by atoms with van der Waals surface area (Å²) in [5, 5.41) is 13.3. The smallest absolute Gasteiger partial charge is 0.201 e. The zero-order chi connectivity index (χ0) is 39.5. The molecule has 10 aromatic rings. The Labute approximate surface area is 341 Å². The molecule has 7 heteroatoms. The first-order valence-corrected chi connectivity index (χ1v) is 19.6. The van der Waals surface area contributed by atoms with Crippen molar-refractivity contribution >= 4 is 29.8 Å². The third-order valence-electron chi connectivity index (χ3n) is 11.2. The number of furan rings is 1. The summed E-state index contributed by atoms with van der Waals surface area (Å²) in [5.74, 6) is 2.35. The van der Waals surface area contributed by atoms with Gasteiger partial charge in [0.05, 0.1) is 0 Å². The topological polar surface area (TPSA) is 81.3 Å². The van der Waals surface area contributed by atoms with Crippen LogP contribution in [0.5, 0.6) is 5.75 Å². The van der Waals surface area contributed by atoms with Gasteiger partial charge in [-0.15, -0.1) is 0 Å². The molecule has 1 unspecified atom stereocenters. The summed E-state index contributed by atoms with van der Waals surface area (Å²) in [5.41, 5.74) is 11.8. The van der Waals surface area contributed by atoms with Gasteiger partial charge in [0.2, 0.25) is 7.85 Å². The van der Waals surface area contributed by atoms with E-state index >= 15 is 0 Å². The summed E-state index contributed by atoms with van der Waals surface area (Å²) in [6, 6.07) is 63.6. The van der Waals surface area contributed by atoms with Crippen molar-refractivity contribution in [1.29, 1.82) is 0 Å². The van der Waals surface area contributed by atoms with Crippen molar-refractivity contribution in [3.05, 3.63) is 194 Å². The van der Waals surface area contributed by atoms with E-state index in [2.05, 4.69) is 103 Å². The molecule has 11 rings (SSSR count). The molecule has 0 saturated carbocycles. The number of nitrogens with zero attached hydrogens (tertiary/aromatic N) is 3. The molecular formula is C52H34BN3O3. The molecule has 1 N–H and O–H groups in total. The van der Waals surface area contributed by atoms with Crippen LogP contribution in [0.3, 0.4) is 0 Å². The van der Waals surface area contributed by atoms with Gasteiger partial charge in [-0.25, -0.2) is 15.0 Å². The summed E-state index contributed by atoms with van der Waals surface area (Å²) < 4.78 is 12.6. The van der Waals surface area contributed by atoms with E-state index in [4.69, 9.17) is 24.1 Å². The largest absolute Gasteiger partial charge is 0.467 e. The third kappa shape index (κ3) is 6.07. The Morgan fingerprint density at radius 1 is 0.424 bits per heavy atom. The van der Waals surface area contributed by atoms with E-state index in [0.717, 1.165) is 88.7 Å². The standard InChI is InChI=1S/C52H34BN3O3/c53-52(57)44-20-6-4-16-43(44)47-39(17-10-22-46(47)59-52)34-25-29-36(30-26-34)50-54-49(35-27-23-33(24-28-35)32-11-2-1-3-12-32)55-51(56-50)38-14-8-13-37(31-38)40-18-9-19-42-41-15-5-7-21-45(41)58-48(40)42/h1-31,57H,53H2. The summed E-state index contributed by atoms with van der Waals surface area (Å²) >= 11 is 0. The molecule has 6 nitrogen and oxygen atoms in total. The lowest BCUT2D eigenvalue weighted by molar-refractivity contribution is -0.0691. The van der Waals surface area contributed by atoms with Crippen LogP contribution < -0.4 is 4.74 Å². The molecule has 0 amide bonds. The second-order valence-corrected chi connectivity index (χ2v) is 15.0. The van der Waals surface area contributed by atoms with Gasteiger partial charge in [0.1, 0.15) is 16.9 Å². The highest BCUT2D eigenvalue weighted by atomic mass is 16.6. The van der Waals surface area contributed by atoms with Crippen LogP contribution in [0.1, 0.15) is 5.56 Å². The highest BCUT2D eigenvalue weighted by Crippen LogP contribution is 2.48. The number of hydrogen-bond donors (Lipinski definition) is 1. The first kappa shape index (κ1) is 34.6. The van der Waals surface area contributed by atoms with E-state index in [9.17, 15) is 5.11 Å². The molecule has 0 fully saturated rings. The van der Waals surface area contributed by atoms with E-state index < -0.39 is 5.69 Å². The molecule has 1 atom stereocenters. The van der Waals surface area contributed by atoms with E-state index in [1.54, 1.807) is 7.85 Å². The van der Waals surface area contributed by atoms with Crippen molar-refractivity contribution in [3.63, 3.8) is 0 Å². The Bertz CT molecular complexity index is 3210. The minimum absolute atomic E-state index is 0.563. The van der Waals surface area contributed by atoms with Crippen molar-refractivity contribution in [2.24, 2.45) is 0 Å². The molecular weight excluding hydrogens is 725 g/mol. The predicted molar refractivity (Wildman–Crippen MR) is 238 cm³/mol. The van der Waals surface area contributed by atoms with Crippen LogP contribution in [0.25, 0.3) is 101 Å². The maximum atomic E-state index is 11.2. The van der Waals surface area contributed by atoms with Crippen LogP contribution in [-0.4, -0.2) is 27.9 Å². The maximum Gasteiger partial charge on any atom is 0.201 e. The van der Waals surface area contributed by atoms with Gasteiger partial charge in [0.15, 0.2) is 23.2 Å². The first-order valence-electron chi connectivity index (χ1n) is 19.6. The molecule has 0 spiro atoms. The fourth-order valence-electron chi connectivity index (χ4n) is 8.31. The number of ether oxygens (including phenoxy) is 1. The number of fused-ring (bicyclic) bond motifs is 6. The summed E-state index contributed by atoms with van der Waals surface area (Å²) in [6.07, 6.45) is 0. The average Bonchev–Trinajstić information content (AvgIpc) is 3.68. The van der Waals surface area contributed by atoms with Crippen LogP contribution >= 0.6 is 0 Å². The van der Waals surface area contributed by atoms with Crippen LogP contribution in [0, 0.1) is 0 Å². The second kappa shape index (κ2) is 13.8. The van der Waals surface area contributed by atoms with Gasteiger partial charge < -0.3 is 14.3 Å². The maximum absolute atomic E-state index is 11.2. The highest BCUT2D eigenvalue weighted by molar-refractivity contribution is 6.15. The zero-order valence-corrected chi connectivity index (χ0v) is 32.0. The van der Waals surface area contributed by atoms with Gasteiger partial charge in [-0.2, -0.15) is 0 Å². The summed E-state index contributed by atoms with van der Waals surface area (Å²) in [4.78, 5) is 15.3. The Morgan fingerprint density at radius 2 is 0.949 bits per heavy atom. The molecule has 1 aliphatic rings.